The standard InChI is InChI=1S/C40H33NO4/c1-3-5-10-24(4-2)23-41-35-17-15-25(21-33-37(42)27-11-6-7-12-28(27)38(33)43)19-31(35)32-20-26(16-18-36(32)41)22-34-39(44)29-13-8-9-14-30(29)40(34)45/h6-9,11-22,24H,3-5,10,23H2,1-2H3. The van der Waals surface area contributed by atoms with Crippen LogP contribution < -0.4 is 0 Å². The van der Waals surface area contributed by atoms with Crippen molar-refractivity contribution in [3.8, 4) is 0 Å². The number of rotatable bonds is 8. The molecule has 0 bridgehead atoms. The molecule has 45 heavy (non-hydrogen) atoms. The number of benzene rings is 4. The molecule has 0 saturated carbocycles. The number of carbonyl (C=O) groups excluding carboxylic acids is 4. The molecular weight excluding hydrogens is 558 g/mol. The van der Waals surface area contributed by atoms with Crippen molar-refractivity contribution < 1.29 is 19.2 Å². The summed E-state index contributed by atoms with van der Waals surface area (Å²) < 4.78 is 2.37. The highest BCUT2D eigenvalue weighted by molar-refractivity contribution is 6.42. The predicted molar refractivity (Wildman–Crippen MR) is 179 cm³/mol. The molecule has 5 heteroatoms. The largest absolute Gasteiger partial charge is 0.340 e. The van der Waals surface area contributed by atoms with Crippen LogP contribution in [-0.4, -0.2) is 27.7 Å². The number of hydrogen-bond donors (Lipinski definition) is 0. The first-order valence-corrected chi connectivity index (χ1v) is 15.8. The van der Waals surface area contributed by atoms with Crippen LogP contribution in [-0.2, 0) is 6.54 Å². The van der Waals surface area contributed by atoms with Gasteiger partial charge in [-0.25, -0.2) is 0 Å². The molecule has 1 unspecified atom stereocenters. The van der Waals surface area contributed by atoms with E-state index in [4.69, 9.17) is 0 Å². The van der Waals surface area contributed by atoms with Crippen LogP contribution in [0.3, 0.4) is 0 Å². The summed E-state index contributed by atoms with van der Waals surface area (Å²) in [4.78, 5) is 52.5. The van der Waals surface area contributed by atoms with Gasteiger partial charge in [-0.05, 0) is 59.9 Å². The minimum atomic E-state index is -0.249. The van der Waals surface area contributed by atoms with Crippen molar-refractivity contribution in [3.63, 3.8) is 0 Å². The minimum Gasteiger partial charge on any atom is -0.340 e. The Morgan fingerprint density at radius 3 is 1.40 bits per heavy atom. The van der Waals surface area contributed by atoms with E-state index in [-0.39, 0.29) is 34.3 Å². The van der Waals surface area contributed by atoms with Crippen molar-refractivity contribution >= 4 is 57.1 Å². The molecule has 0 fully saturated rings. The number of fused-ring (bicyclic) bond motifs is 5. The number of hydrogen-bond acceptors (Lipinski definition) is 4. The lowest BCUT2D eigenvalue weighted by molar-refractivity contribution is 0.0975. The summed E-state index contributed by atoms with van der Waals surface area (Å²) in [7, 11) is 0. The summed E-state index contributed by atoms with van der Waals surface area (Å²) in [6.07, 6.45) is 7.95. The van der Waals surface area contributed by atoms with E-state index in [9.17, 15) is 19.2 Å². The third-order valence-corrected chi connectivity index (χ3v) is 9.33. The summed E-state index contributed by atoms with van der Waals surface area (Å²) >= 11 is 0. The number of ketones is 4. The van der Waals surface area contributed by atoms with Crippen LogP contribution in [0, 0.1) is 5.92 Å². The Morgan fingerprint density at radius 1 is 0.600 bits per heavy atom. The molecule has 2 aliphatic rings. The molecule has 7 rings (SSSR count). The first-order valence-electron chi connectivity index (χ1n) is 15.8. The molecule has 0 spiro atoms. The Balaban J connectivity index is 1.36. The van der Waals surface area contributed by atoms with Gasteiger partial charge in [-0.15, -0.1) is 0 Å². The Morgan fingerprint density at radius 2 is 1.02 bits per heavy atom. The molecule has 0 radical (unpaired) electrons. The van der Waals surface area contributed by atoms with E-state index < -0.39 is 0 Å². The Kier molecular flexibility index (Phi) is 7.25. The second-order valence-corrected chi connectivity index (χ2v) is 12.1. The average Bonchev–Trinajstić information content (AvgIpc) is 3.60. The highest BCUT2D eigenvalue weighted by Crippen LogP contribution is 2.35. The van der Waals surface area contributed by atoms with Crippen molar-refractivity contribution in [1.29, 1.82) is 0 Å². The zero-order chi connectivity index (χ0) is 31.2. The minimum absolute atomic E-state index is 0.174. The molecule has 1 heterocycles. The molecule has 0 N–H and O–H groups in total. The topological polar surface area (TPSA) is 73.2 Å². The van der Waals surface area contributed by atoms with Crippen LogP contribution in [0.4, 0.5) is 0 Å². The van der Waals surface area contributed by atoms with Gasteiger partial charge in [0.15, 0.2) is 23.1 Å². The predicted octanol–water partition coefficient (Wildman–Crippen LogP) is 8.94. The highest BCUT2D eigenvalue weighted by Gasteiger charge is 2.33. The molecule has 4 aromatic carbocycles. The summed E-state index contributed by atoms with van der Waals surface area (Å²) in [6, 6.07) is 26.1. The average molecular weight is 592 g/mol. The van der Waals surface area contributed by atoms with Gasteiger partial charge in [0.25, 0.3) is 0 Å². The van der Waals surface area contributed by atoms with E-state index >= 15 is 0 Å². The molecular formula is C40H33NO4. The SMILES string of the molecule is CCCCC(CC)Cn1c2ccc(C=C3C(=O)c4ccccc4C3=O)cc2c2cc(C=C3C(=O)c4ccccc4C3=O)ccc21. The fourth-order valence-electron chi connectivity index (χ4n) is 6.83. The van der Waals surface area contributed by atoms with Crippen molar-refractivity contribution in [2.45, 2.75) is 46.1 Å². The van der Waals surface area contributed by atoms with Crippen LogP contribution in [0.5, 0.6) is 0 Å². The van der Waals surface area contributed by atoms with Gasteiger partial charge in [-0.3, -0.25) is 19.2 Å². The van der Waals surface area contributed by atoms with Gasteiger partial charge in [0.1, 0.15) is 0 Å². The first kappa shape index (κ1) is 28.6. The maximum Gasteiger partial charge on any atom is 0.197 e. The summed E-state index contributed by atoms with van der Waals surface area (Å²) in [6.45, 7) is 5.33. The van der Waals surface area contributed by atoms with Crippen LogP contribution in [0.2, 0.25) is 0 Å². The number of aromatic nitrogens is 1. The Bertz CT molecular complexity index is 1920. The number of unbranched alkanes of at least 4 members (excludes halogenated alkanes) is 1. The van der Waals surface area contributed by atoms with Crippen LogP contribution >= 0.6 is 0 Å². The van der Waals surface area contributed by atoms with Crippen molar-refractivity contribution in [2.75, 3.05) is 0 Å². The molecule has 5 nitrogen and oxygen atoms in total. The van der Waals surface area contributed by atoms with E-state index in [0.717, 1.165) is 58.7 Å². The van der Waals surface area contributed by atoms with E-state index in [1.54, 1.807) is 60.7 Å². The monoisotopic (exact) mass is 591 g/mol. The zero-order valence-corrected chi connectivity index (χ0v) is 25.4. The third kappa shape index (κ3) is 4.80. The molecule has 1 aromatic heterocycles. The lowest BCUT2D eigenvalue weighted by Gasteiger charge is -2.17. The molecule has 0 amide bonds. The quantitative estimate of drug-likeness (QED) is 0.133. The molecule has 0 aliphatic heterocycles. The van der Waals surface area contributed by atoms with E-state index in [2.05, 4.69) is 30.5 Å². The maximum absolute atomic E-state index is 13.1. The lowest BCUT2D eigenvalue weighted by atomic mass is 9.99. The third-order valence-electron chi connectivity index (χ3n) is 9.33. The van der Waals surface area contributed by atoms with Crippen molar-refractivity contribution in [3.05, 3.63) is 129 Å². The van der Waals surface area contributed by atoms with Gasteiger partial charge < -0.3 is 4.57 Å². The maximum atomic E-state index is 13.1. The van der Waals surface area contributed by atoms with Crippen molar-refractivity contribution in [1.82, 2.24) is 4.57 Å². The molecule has 0 saturated heterocycles. The first-order chi connectivity index (χ1) is 21.9. The number of allylic oxidation sites excluding steroid dienone is 2. The van der Waals surface area contributed by atoms with Gasteiger partial charge in [0.2, 0.25) is 0 Å². The molecule has 1 atom stereocenters. The van der Waals surface area contributed by atoms with E-state index in [1.807, 2.05) is 24.3 Å². The number of Topliss-reactive ketones (excluding diaryl/α,β-unsaturated/α-hetero) is 4. The van der Waals surface area contributed by atoms with Gasteiger partial charge in [-0.1, -0.05) is 93.8 Å². The van der Waals surface area contributed by atoms with Gasteiger partial charge in [0, 0.05) is 50.6 Å². The van der Waals surface area contributed by atoms with Gasteiger partial charge >= 0.3 is 0 Å². The van der Waals surface area contributed by atoms with E-state index in [0.29, 0.717) is 28.2 Å². The summed E-state index contributed by atoms with van der Waals surface area (Å²) in [5, 5.41) is 1.99. The second-order valence-electron chi connectivity index (χ2n) is 12.1. The second kappa shape index (κ2) is 11.4. The van der Waals surface area contributed by atoms with Gasteiger partial charge in [0.05, 0.1) is 11.1 Å². The van der Waals surface area contributed by atoms with Crippen LogP contribution in [0.1, 0.15) is 92.1 Å². The van der Waals surface area contributed by atoms with Crippen LogP contribution in [0.15, 0.2) is 96.1 Å². The van der Waals surface area contributed by atoms with Gasteiger partial charge in [-0.2, -0.15) is 0 Å². The Labute approximate surface area is 261 Å². The van der Waals surface area contributed by atoms with E-state index in [1.165, 1.54) is 6.42 Å². The lowest BCUT2D eigenvalue weighted by Crippen LogP contribution is -2.10. The molecule has 222 valence electrons. The smallest absolute Gasteiger partial charge is 0.197 e. The Hall–Kier alpha value is -5.16. The normalized spacial score (nSPS) is 14.9. The number of carbonyl (C=O) groups is 4. The fourth-order valence-corrected chi connectivity index (χ4v) is 6.83. The van der Waals surface area contributed by atoms with Crippen molar-refractivity contribution in [2.24, 2.45) is 5.92 Å². The summed E-state index contributed by atoms with van der Waals surface area (Å²) in [5.74, 6) is -0.477. The molecule has 5 aromatic rings. The summed E-state index contributed by atoms with van der Waals surface area (Å²) in [5.41, 5.74) is 5.80. The van der Waals surface area contributed by atoms with Crippen LogP contribution in [0.25, 0.3) is 34.0 Å². The number of nitrogens with zero attached hydrogens (tertiary/aromatic N) is 1. The fraction of sp³-hybridized carbons (Fsp3) is 0.200. The molecule has 2 aliphatic carbocycles. The zero-order valence-electron chi connectivity index (χ0n) is 25.4. The highest BCUT2D eigenvalue weighted by atomic mass is 16.2.